The number of nitrogens with zero attached hydrogens (tertiary/aromatic N) is 4. The van der Waals surface area contributed by atoms with E-state index in [2.05, 4.69) is 42.0 Å². The molecular weight excluding hydrogens is 472 g/mol. The molecule has 4 rings (SSSR count). The van der Waals surface area contributed by atoms with Crippen LogP contribution in [0.3, 0.4) is 0 Å². The molecule has 4 aromatic rings. The maximum atomic E-state index is 12.2. The van der Waals surface area contributed by atoms with Gasteiger partial charge in [-0.15, -0.1) is 0 Å². The van der Waals surface area contributed by atoms with Gasteiger partial charge in [0.15, 0.2) is 0 Å². The Hall–Kier alpha value is -4.64. The predicted molar refractivity (Wildman–Crippen MR) is 147 cm³/mol. The molecule has 0 aliphatic carbocycles. The first-order chi connectivity index (χ1) is 17.8. The van der Waals surface area contributed by atoms with Gasteiger partial charge in [-0.3, -0.25) is 9.59 Å². The molecule has 0 aliphatic heterocycles. The Bertz CT molecular complexity index is 1490. The molecule has 0 unspecified atom stereocenters. The van der Waals surface area contributed by atoms with E-state index in [0.717, 1.165) is 29.7 Å². The van der Waals surface area contributed by atoms with Crippen LogP contribution in [-0.2, 0) is 4.79 Å². The highest BCUT2D eigenvalue weighted by atomic mass is 16.5. The van der Waals surface area contributed by atoms with Crippen LogP contribution in [0.25, 0.3) is 22.2 Å². The molecule has 11 nitrogen and oxygen atoms in total. The average molecular weight is 503 g/mol. The number of fused-ring (bicyclic) bond motifs is 1. The third-order valence-electron chi connectivity index (χ3n) is 5.84. The Morgan fingerprint density at radius 1 is 1.16 bits per heavy atom. The van der Waals surface area contributed by atoms with Gasteiger partial charge in [-0.1, -0.05) is 6.58 Å². The molecule has 0 radical (unpaired) electrons. The molecule has 4 N–H and O–H groups in total. The first-order valence-electron chi connectivity index (χ1n) is 11.6. The summed E-state index contributed by atoms with van der Waals surface area (Å²) in [4.78, 5) is 43.1. The van der Waals surface area contributed by atoms with E-state index >= 15 is 0 Å². The number of nitrogens with one attached hydrogen (secondary N) is 4. The van der Waals surface area contributed by atoms with Crippen LogP contribution in [0, 0.1) is 0 Å². The number of hydrogen-bond donors (Lipinski definition) is 4. The molecule has 0 aliphatic rings. The van der Waals surface area contributed by atoms with Gasteiger partial charge in [-0.25, -0.2) is 9.97 Å². The number of likely N-dealkylation sites (N-methyl/N-ethyl adjacent to an activating group) is 2. The standard InChI is InChI=1S/C26H30N8O3/c1-6-23(35)30-19-13-20(22(37-5)14-21(19)34(4)12-11-33(2)3)32-26-28-10-8-18(31-26)17-15-29-24-16(17)7-9-27-25(24)36/h6-10,13-15,29H,1,11-12H2,2-5H3,(H,27,36)(H,30,35)(H,28,31,32). The summed E-state index contributed by atoms with van der Waals surface area (Å²) in [5.74, 6) is 0.548. The lowest BCUT2D eigenvalue weighted by molar-refractivity contribution is -0.111. The number of methoxy groups -OCH3 is 1. The van der Waals surface area contributed by atoms with Crippen LogP contribution in [0.1, 0.15) is 0 Å². The second-order valence-electron chi connectivity index (χ2n) is 8.68. The van der Waals surface area contributed by atoms with Gasteiger partial charge in [0.1, 0.15) is 11.3 Å². The number of aromatic amines is 2. The van der Waals surface area contributed by atoms with Crippen molar-refractivity contribution in [1.82, 2.24) is 24.8 Å². The monoisotopic (exact) mass is 502 g/mol. The number of aromatic nitrogens is 4. The van der Waals surface area contributed by atoms with E-state index in [1.807, 2.05) is 38.2 Å². The minimum absolute atomic E-state index is 0.203. The normalized spacial score (nSPS) is 10.9. The summed E-state index contributed by atoms with van der Waals surface area (Å²) in [6.45, 7) is 5.12. The van der Waals surface area contributed by atoms with Crippen molar-refractivity contribution in [3.8, 4) is 17.0 Å². The lowest BCUT2D eigenvalue weighted by Gasteiger charge is -2.26. The molecule has 0 saturated heterocycles. The highest BCUT2D eigenvalue weighted by molar-refractivity contribution is 6.02. The first-order valence-corrected chi connectivity index (χ1v) is 11.6. The Kier molecular flexibility index (Phi) is 7.54. The van der Waals surface area contributed by atoms with Gasteiger partial charge in [0, 0.05) is 55.7 Å². The summed E-state index contributed by atoms with van der Waals surface area (Å²) in [7, 11) is 7.54. The van der Waals surface area contributed by atoms with E-state index in [1.54, 1.807) is 37.8 Å². The van der Waals surface area contributed by atoms with E-state index in [-0.39, 0.29) is 11.5 Å². The number of ether oxygens (including phenoxy) is 1. The Morgan fingerprint density at radius 3 is 2.70 bits per heavy atom. The Labute approximate surface area is 214 Å². The van der Waals surface area contributed by atoms with E-state index < -0.39 is 0 Å². The maximum absolute atomic E-state index is 12.2. The fourth-order valence-corrected chi connectivity index (χ4v) is 3.88. The number of hydrogen-bond acceptors (Lipinski definition) is 8. The maximum Gasteiger partial charge on any atom is 0.272 e. The summed E-state index contributed by atoms with van der Waals surface area (Å²) >= 11 is 0. The smallest absolute Gasteiger partial charge is 0.272 e. The number of H-pyrrole nitrogens is 2. The third kappa shape index (κ3) is 5.62. The van der Waals surface area contributed by atoms with E-state index in [0.29, 0.717) is 34.3 Å². The number of rotatable bonds is 10. The quantitative estimate of drug-likeness (QED) is 0.243. The number of benzene rings is 1. The lowest BCUT2D eigenvalue weighted by Crippen LogP contribution is -2.29. The van der Waals surface area contributed by atoms with E-state index in [1.165, 1.54) is 6.08 Å². The molecule has 1 aromatic carbocycles. The van der Waals surface area contributed by atoms with Gasteiger partial charge in [-0.2, -0.15) is 0 Å². The molecule has 3 aromatic heterocycles. The molecule has 0 spiro atoms. The largest absolute Gasteiger partial charge is 0.494 e. The summed E-state index contributed by atoms with van der Waals surface area (Å²) in [6.07, 6.45) is 6.20. The van der Waals surface area contributed by atoms with Crippen molar-refractivity contribution in [1.29, 1.82) is 0 Å². The number of amides is 1. The molecule has 192 valence electrons. The van der Waals surface area contributed by atoms with Gasteiger partial charge >= 0.3 is 0 Å². The Balaban J connectivity index is 1.70. The van der Waals surface area contributed by atoms with Gasteiger partial charge in [0.25, 0.3) is 5.56 Å². The minimum Gasteiger partial charge on any atom is -0.494 e. The molecule has 0 fully saturated rings. The van der Waals surface area contributed by atoms with Crippen LogP contribution in [0.2, 0.25) is 0 Å². The van der Waals surface area contributed by atoms with Crippen LogP contribution in [0.15, 0.2) is 60.3 Å². The number of pyridine rings is 1. The summed E-state index contributed by atoms with van der Waals surface area (Å²) < 4.78 is 5.66. The second-order valence-corrected chi connectivity index (χ2v) is 8.68. The van der Waals surface area contributed by atoms with E-state index in [4.69, 9.17) is 4.74 Å². The highest BCUT2D eigenvalue weighted by Crippen LogP contribution is 2.38. The molecular formula is C26H30N8O3. The predicted octanol–water partition coefficient (Wildman–Crippen LogP) is 3.19. The molecule has 0 bridgehead atoms. The van der Waals surface area contributed by atoms with Gasteiger partial charge < -0.3 is 35.1 Å². The van der Waals surface area contributed by atoms with Crippen molar-refractivity contribution in [3.63, 3.8) is 0 Å². The van der Waals surface area contributed by atoms with Gasteiger partial charge in [-0.05, 0) is 38.4 Å². The van der Waals surface area contributed by atoms with Crippen molar-refractivity contribution >= 4 is 39.8 Å². The van der Waals surface area contributed by atoms with Crippen LogP contribution in [0.4, 0.5) is 23.0 Å². The second kappa shape index (κ2) is 11.0. The zero-order valence-electron chi connectivity index (χ0n) is 21.3. The molecule has 11 heteroatoms. The summed E-state index contributed by atoms with van der Waals surface area (Å²) in [5, 5.41) is 6.84. The van der Waals surface area contributed by atoms with E-state index in [9.17, 15) is 9.59 Å². The van der Waals surface area contributed by atoms with Gasteiger partial charge in [0.05, 0.1) is 29.9 Å². The molecule has 3 heterocycles. The highest BCUT2D eigenvalue weighted by Gasteiger charge is 2.17. The van der Waals surface area contributed by atoms with Crippen molar-refractivity contribution in [2.75, 3.05) is 56.9 Å². The fourth-order valence-electron chi connectivity index (χ4n) is 3.88. The van der Waals surface area contributed by atoms with Crippen LogP contribution >= 0.6 is 0 Å². The number of anilines is 4. The zero-order chi connectivity index (χ0) is 26.5. The topological polar surface area (TPSA) is 131 Å². The zero-order valence-corrected chi connectivity index (χ0v) is 21.3. The molecule has 0 saturated carbocycles. The number of carbonyl (C=O) groups is 1. The summed E-state index contributed by atoms with van der Waals surface area (Å²) in [6, 6.07) is 7.22. The van der Waals surface area contributed by atoms with Crippen molar-refractivity contribution in [3.05, 3.63) is 65.9 Å². The minimum atomic E-state index is -0.328. The van der Waals surface area contributed by atoms with Gasteiger partial charge in [0.2, 0.25) is 11.9 Å². The molecule has 0 atom stereocenters. The summed E-state index contributed by atoms with van der Waals surface area (Å²) in [5.41, 5.74) is 3.62. The lowest BCUT2D eigenvalue weighted by atomic mass is 10.1. The first kappa shape index (κ1) is 25.5. The Morgan fingerprint density at radius 2 is 1.97 bits per heavy atom. The van der Waals surface area contributed by atoms with Crippen molar-refractivity contribution in [2.45, 2.75) is 0 Å². The number of carbonyl (C=O) groups excluding carboxylic acids is 1. The molecule has 1 amide bonds. The van der Waals surface area contributed by atoms with Crippen LogP contribution in [0.5, 0.6) is 5.75 Å². The van der Waals surface area contributed by atoms with Crippen molar-refractivity contribution in [2.24, 2.45) is 0 Å². The van der Waals surface area contributed by atoms with Crippen molar-refractivity contribution < 1.29 is 9.53 Å². The SMILES string of the molecule is C=CC(=O)Nc1cc(Nc2nccc(-c3c[nH]c4c(=O)[nH]ccc34)n2)c(OC)cc1N(C)CCN(C)C. The van der Waals surface area contributed by atoms with Crippen LogP contribution in [-0.4, -0.2) is 72.1 Å². The van der Waals surface area contributed by atoms with Crippen LogP contribution < -0.4 is 25.8 Å². The fraction of sp³-hybridized carbons (Fsp3) is 0.231. The average Bonchev–Trinajstić information content (AvgIpc) is 3.33. The third-order valence-corrected chi connectivity index (χ3v) is 5.84. The molecule has 37 heavy (non-hydrogen) atoms.